The lowest BCUT2D eigenvalue weighted by molar-refractivity contribution is -0.136. The molecule has 1 heterocycles. The van der Waals surface area contributed by atoms with Gasteiger partial charge in [0.2, 0.25) is 5.91 Å². The summed E-state index contributed by atoms with van der Waals surface area (Å²) in [6.45, 7) is 1.44. The number of carbonyl (C=O) groups is 5. The van der Waals surface area contributed by atoms with Crippen LogP contribution in [0.5, 0.6) is 0 Å². The van der Waals surface area contributed by atoms with E-state index in [0.29, 0.717) is 12.8 Å². The maximum absolute atomic E-state index is 12.8. The number of benzene rings is 1. The molecule has 10 nitrogen and oxygen atoms in total. The van der Waals surface area contributed by atoms with Crippen LogP contribution < -0.4 is 10.6 Å². The van der Waals surface area contributed by atoms with Gasteiger partial charge in [-0.05, 0) is 38.0 Å². The largest absolute Gasteiger partial charge is 0.465 e. The molecule has 1 spiro atoms. The Hall–Kier alpha value is -3.43. The van der Waals surface area contributed by atoms with Gasteiger partial charge in [0.1, 0.15) is 11.6 Å². The van der Waals surface area contributed by atoms with Gasteiger partial charge in [-0.15, -0.1) is 0 Å². The first-order valence-electron chi connectivity index (χ1n) is 9.51. The van der Waals surface area contributed by atoms with E-state index in [1.54, 1.807) is 0 Å². The summed E-state index contributed by atoms with van der Waals surface area (Å²) in [4.78, 5) is 62.7. The van der Waals surface area contributed by atoms with Gasteiger partial charge in [0, 0.05) is 5.69 Å². The second kappa shape index (κ2) is 8.13. The van der Waals surface area contributed by atoms with Gasteiger partial charge in [-0.2, -0.15) is 0 Å². The summed E-state index contributed by atoms with van der Waals surface area (Å²) in [5.74, 6) is -2.47. The lowest BCUT2D eigenvalue weighted by Crippen LogP contribution is -2.48. The minimum atomic E-state index is -1.10. The van der Waals surface area contributed by atoms with Gasteiger partial charge in [0.05, 0.1) is 25.3 Å². The average Bonchev–Trinajstić information content (AvgIpc) is 3.30. The number of anilines is 1. The lowest BCUT2D eigenvalue weighted by atomic mass is 9.97. The van der Waals surface area contributed by atoms with Gasteiger partial charge in [0.15, 0.2) is 0 Å². The molecule has 1 saturated carbocycles. The van der Waals surface area contributed by atoms with Crippen molar-refractivity contribution in [2.45, 2.75) is 44.2 Å². The Bertz CT molecular complexity index is 887. The minimum absolute atomic E-state index is 0.0308. The zero-order valence-corrected chi connectivity index (χ0v) is 16.9. The van der Waals surface area contributed by atoms with Crippen LogP contribution in [0.25, 0.3) is 0 Å². The van der Waals surface area contributed by atoms with Crippen LogP contribution in [-0.2, 0) is 19.1 Å². The van der Waals surface area contributed by atoms with E-state index in [1.165, 1.54) is 39.3 Å². The molecular weight excluding hydrogens is 394 g/mol. The summed E-state index contributed by atoms with van der Waals surface area (Å²) in [6.07, 6.45) is 2.76. The normalized spacial score (nSPS) is 18.2. The second-order valence-electron chi connectivity index (χ2n) is 7.34. The van der Waals surface area contributed by atoms with Crippen LogP contribution >= 0.6 is 0 Å². The van der Waals surface area contributed by atoms with E-state index in [9.17, 15) is 24.0 Å². The molecule has 1 aliphatic carbocycles. The number of hydrogen-bond donors (Lipinski definition) is 2. The molecule has 1 saturated heterocycles. The molecule has 2 N–H and O–H groups in total. The fraction of sp³-hybridized carbons (Fsp3) is 0.450. The highest BCUT2D eigenvalue weighted by molar-refractivity contribution is 6.11. The van der Waals surface area contributed by atoms with Crippen molar-refractivity contribution >= 4 is 35.5 Å². The molecule has 1 aliphatic heterocycles. The van der Waals surface area contributed by atoms with Gasteiger partial charge in [-0.1, -0.05) is 12.8 Å². The van der Waals surface area contributed by atoms with E-state index in [-0.39, 0.29) is 16.8 Å². The number of methoxy groups -OCH3 is 2. The smallest absolute Gasteiger partial charge is 0.337 e. The molecule has 2 aliphatic rings. The molecule has 1 unspecified atom stereocenters. The van der Waals surface area contributed by atoms with Crippen LogP contribution in [-0.4, -0.2) is 60.5 Å². The molecule has 30 heavy (non-hydrogen) atoms. The molecule has 160 valence electrons. The number of nitrogens with zero attached hydrogens (tertiary/aromatic N) is 1. The Morgan fingerprint density at radius 1 is 1.03 bits per heavy atom. The lowest BCUT2D eigenvalue weighted by Gasteiger charge is -2.23. The third-order valence-electron chi connectivity index (χ3n) is 5.46. The SMILES string of the molecule is COC(=O)c1cc(NC(=O)C(C)N2C(=O)NC3(CCCC3)C2=O)cc(C(=O)OC)c1. The number of imide groups is 1. The number of hydrogen-bond acceptors (Lipinski definition) is 7. The van der Waals surface area contributed by atoms with E-state index >= 15 is 0 Å². The third-order valence-corrected chi connectivity index (χ3v) is 5.46. The molecule has 1 atom stereocenters. The van der Waals surface area contributed by atoms with Crippen molar-refractivity contribution in [2.24, 2.45) is 0 Å². The van der Waals surface area contributed by atoms with E-state index in [4.69, 9.17) is 0 Å². The number of carbonyl (C=O) groups excluding carboxylic acids is 5. The van der Waals surface area contributed by atoms with Crippen molar-refractivity contribution < 1.29 is 33.4 Å². The van der Waals surface area contributed by atoms with Crippen LogP contribution in [0.15, 0.2) is 18.2 Å². The predicted octanol–water partition coefficient (Wildman–Crippen LogP) is 1.45. The molecule has 10 heteroatoms. The first-order chi connectivity index (χ1) is 14.2. The summed E-state index contributed by atoms with van der Waals surface area (Å²) in [6, 6.07) is 2.22. The predicted molar refractivity (Wildman–Crippen MR) is 104 cm³/mol. The van der Waals surface area contributed by atoms with Gasteiger partial charge >= 0.3 is 18.0 Å². The van der Waals surface area contributed by atoms with Gasteiger partial charge in [-0.3, -0.25) is 9.59 Å². The fourth-order valence-electron chi connectivity index (χ4n) is 3.85. The van der Waals surface area contributed by atoms with Crippen LogP contribution in [0.2, 0.25) is 0 Å². The van der Waals surface area contributed by atoms with Gasteiger partial charge < -0.3 is 20.1 Å². The van der Waals surface area contributed by atoms with E-state index in [0.717, 1.165) is 17.7 Å². The molecule has 1 aromatic carbocycles. The standard InChI is InChI=1S/C20H23N3O7/c1-11(23-18(27)20(22-19(23)28)6-4-5-7-20)15(24)21-14-9-12(16(25)29-2)8-13(10-14)17(26)30-3/h8-11H,4-7H2,1-3H3,(H,21,24)(H,22,28). The fourth-order valence-corrected chi connectivity index (χ4v) is 3.85. The molecule has 3 rings (SSSR count). The molecule has 0 bridgehead atoms. The highest BCUT2D eigenvalue weighted by atomic mass is 16.5. The Balaban J connectivity index is 1.83. The quantitative estimate of drug-likeness (QED) is 0.548. The van der Waals surface area contributed by atoms with Crippen molar-refractivity contribution in [3.63, 3.8) is 0 Å². The molecule has 1 aromatic rings. The van der Waals surface area contributed by atoms with Crippen LogP contribution in [0.4, 0.5) is 10.5 Å². The maximum atomic E-state index is 12.8. The van der Waals surface area contributed by atoms with E-state index in [1.807, 2.05) is 0 Å². The van der Waals surface area contributed by atoms with Crippen molar-refractivity contribution in [2.75, 3.05) is 19.5 Å². The van der Waals surface area contributed by atoms with Crippen molar-refractivity contribution in [1.29, 1.82) is 0 Å². The number of ether oxygens (including phenoxy) is 2. The summed E-state index contributed by atoms with van der Waals surface area (Å²) >= 11 is 0. The Labute approximate surface area is 172 Å². The van der Waals surface area contributed by atoms with Crippen LogP contribution in [0.3, 0.4) is 0 Å². The average molecular weight is 417 g/mol. The first-order valence-corrected chi connectivity index (χ1v) is 9.51. The third kappa shape index (κ3) is 3.72. The number of urea groups is 1. The second-order valence-corrected chi connectivity index (χ2v) is 7.34. The minimum Gasteiger partial charge on any atom is -0.465 e. The molecular formula is C20H23N3O7. The van der Waals surface area contributed by atoms with E-state index < -0.39 is 41.4 Å². The molecule has 0 aromatic heterocycles. The number of amides is 4. The molecule has 0 radical (unpaired) electrons. The first kappa shape index (κ1) is 21.3. The van der Waals surface area contributed by atoms with E-state index in [2.05, 4.69) is 20.1 Å². The monoisotopic (exact) mass is 417 g/mol. The summed E-state index contributed by atoms with van der Waals surface area (Å²) in [5, 5.41) is 5.28. The maximum Gasteiger partial charge on any atom is 0.337 e. The van der Waals surface area contributed by atoms with Crippen LogP contribution in [0, 0.1) is 0 Å². The number of rotatable bonds is 5. The summed E-state index contributed by atoms with van der Waals surface area (Å²) in [7, 11) is 2.37. The van der Waals surface area contributed by atoms with Crippen molar-refractivity contribution in [3.05, 3.63) is 29.3 Å². The summed E-state index contributed by atoms with van der Waals surface area (Å²) < 4.78 is 9.33. The Morgan fingerprint density at radius 2 is 1.57 bits per heavy atom. The highest BCUT2D eigenvalue weighted by Gasteiger charge is 2.54. The number of nitrogens with one attached hydrogen (secondary N) is 2. The van der Waals surface area contributed by atoms with Crippen molar-refractivity contribution in [3.8, 4) is 0 Å². The molecule has 4 amide bonds. The summed E-state index contributed by atoms with van der Waals surface area (Å²) in [5.41, 5.74) is -0.738. The molecule has 2 fully saturated rings. The van der Waals surface area contributed by atoms with Gasteiger partial charge in [-0.25, -0.2) is 19.3 Å². The zero-order valence-electron chi connectivity index (χ0n) is 16.9. The van der Waals surface area contributed by atoms with Crippen LogP contribution in [0.1, 0.15) is 53.3 Å². The topological polar surface area (TPSA) is 131 Å². The van der Waals surface area contributed by atoms with Gasteiger partial charge in [0.25, 0.3) is 5.91 Å². The zero-order chi connectivity index (χ0) is 22.1. The number of esters is 2. The van der Waals surface area contributed by atoms with Crippen molar-refractivity contribution in [1.82, 2.24) is 10.2 Å². The highest BCUT2D eigenvalue weighted by Crippen LogP contribution is 2.35. The Kier molecular flexibility index (Phi) is 5.77. The Morgan fingerprint density at radius 3 is 2.07 bits per heavy atom.